The Labute approximate surface area is 123 Å². The smallest absolute Gasteiger partial charge is 0.341 e. The topological polar surface area (TPSA) is 55.4 Å². The standard InChI is InChI=1S/C14H19F2NO3S/c1-17-12-4-2-3-5-13(12)20-10-6-8-11(9-7-10)21(18,19)14(15)16/h6-9,12-14,17H,2-5H2,1H3. The van der Waals surface area contributed by atoms with E-state index in [1.54, 1.807) is 0 Å². The van der Waals surface area contributed by atoms with Gasteiger partial charge in [0.1, 0.15) is 11.9 Å². The molecule has 7 heteroatoms. The van der Waals surface area contributed by atoms with Gasteiger partial charge in [0.15, 0.2) is 0 Å². The quantitative estimate of drug-likeness (QED) is 0.906. The second kappa shape index (κ2) is 6.70. The largest absolute Gasteiger partial charge is 0.489 e. The molecule has 4 nitrogen and oxygen atoms in total. The lowest BCUT2D eigenvalue weighted by molar-refractivity contribution is 0.118. The van der Waals surface area contributed by atoms with Crippen LogP contribution in [0.1, 0.15) is 25.7 Å². The number of alkyl halides is 2. The summed E-state index contributed by atoms with van der Waals surface area (Å²) in [5.74, 6) is -2.91. The number of nitrogens with one attached hydrogen (secondary N) is 1. The zero-order chi connectivity index (χ0) is 15.5. The molecule has 1 aliphatic carbocycles. The number of rotatable bonds is 5. The molecule has 2 unspecified atom stereocenters. The third-order valence-electron chi connectivity index (χ3n) is 3.75. The number of sulfone groups is 1. The number of likely N-dealkylation sites (N-methyl/N-ethyl adjacent to an activating group) is 1. The Morgan fingerprint density at radius 1 is 1.19 bits per heavy atom. The van der Waals surface area contributed by atoms with Crippen LogP contribution in [0.25, 0.3) is 0 Å². The zero-order valence-corrected chi connectivity index (χ0v) is 12.6. The fraction of sp³-hybridized carbons (Fsp3) is 0.571. The van der Waals surface area contributed by atoms with Crippen molar-refractivity contribution < 1.29 is 21.9 Å². The summed E-state index contributed by atoms with van der Waals surface area (Å²) >= 11 is 0. The van der Waals surface area contributed by atoms with E-state index in [1.165, 1.54) is 12.1 Å². The van der Waals surface area contributed by atoms with Crippen molar-refractivity contribution in [3.63, 3.8) is 0 Å². The predicted molar refractivity (Wildman–Crippen MR) is 75.4 cm³/mol. The van der Waals surface area contributed by atoms with Gasteiger partial charge in [-0.3, -0.25) is 0 Å². The Hall–Kier alpha value is -1.21. The van der Waals surface area contributed by atoms with Gasteiger partial charge in [-0.25, -0.2) is 8.42 Å². The Morgan fingerprint density at radius 3 is 2.38 bits per heavy atom. The van der Waals surface area contributed by atoms with E-state index in [2.05, 4.69) is 5.32 Å². The van der Waals surface area contributed by atoms with Crippen LogP contribution in [0.4, 0.5) is 8.78 Å². The summed E-state index contributed by atoms with van der Waals surface area (Å²) in [6.45, 7) is 0. The average Bonchev–Trinajstić information content (AvgIpc) is 2.48. The van der Waals surface area contributed by atoms with E-state index in [0.717, 1.165) is 37.8 Å². The molecule has 118 valence electrons. The van der Waals surface area contributed by atoms with Crippen molar-refractivity contribution in [3.05, 3.63) is 24.3 Å². The van der Waals surface area contributed by atoms with E-state index >= 15 is 0 Å². The van der Waals surface area contributed by atoms with Gasteiger partial charge in [0.25, 0.3) is 0 Å². The van der Waals surface area contributed by atoms with Crippen molar-refractivity contribution in [2.45, 2.75) is 48.5 Å². The van der Waals surface area contributed by atoms with Gasteiger partial charge in [-0.1, -0.05) is 6.42 Å². The van der Waals surface area contributed by atoms with Gasteiger partial charge in [0.2, 0.25) is 9.84 Å². The molecule has 0 spiro atoms. The minimum atomic E-state index is -4.54. The molecular formula is C14H19F2NO3S. The van der Waals surface area contributed by atoms with Crippen LogP contribution in [-0.2, 0) is 9.84 Å². The first-order chi connectivity index (χ1) is 9.95. The number of hydrogen-bond donors (Lipinski definition) is 1. The Morgan fingerprint density at radius 2 is 1.81 bits per heavy atom. The minimum Gasteiger partial charge on any atom is -0.489 e. The number of ether oxygens (including phenoxy) is 1. The fourth-order valence-corrected chi connectivity index (χ4v) is 3.27. The van der Waals surface area contributed by atoms with Crippen molar-refractivity contribution >= 4 is 9.84 Å². The van der Waals surface area contributed by atoms with Gasteiger partial charge in [-0.15, -0.1) is 0 Å². The van der Waals surface area contributed by atoms with Crippen molar-refractivity contribution in [2.75, 3.05) is 7.05 Å². The molecule has 1 N–H and O–H groups in total. The highest BCUT2D eigenvalue weighted by molar-refractivity contribution is 7.91. The first-order valence-electron chi connectivity index (χ1n) is 6.91. The summed E-state index contributed by atoms with van der Waals surface area (Å²) in [5, 5.41) is 3.20. The molecule has 0 aromatic heterocycles. The van der Waals surface area contributed by atoms with Crippen LogP contribution in [0, 0.1) is 0 Å². The monoisotopic (exact) mass is 319 g/mol. The highest BCUT2D eigenvalue weighted by Crippen LogP contribution is 2.26. The molecule has 1 aliphatic rings. The maximum atomic E-state index is 12.4. The van der Waals surface area contributed by atoms with Crippen molar-refractivity contribution in [3.8, 4) is 5.75 Å². The van der Waals surface area contributed by atoms with Gasteiger partial charge >= 0.3 is 5.76 Å². The molecule has 1 saturated carbocycles. The third kappa shape index (κ3) is 3.71. The van der Waals surface area contributed by atoms with Gasteiger partial charge < -0.3 is 10.1 Å². The van der Waals surface area contributed by atoms with Crippen LogP contribution < -0.4 is 10.1 Å². The van der Waals surface area contributed by atoms with Crippen molar-refractivity contribution in [1.82, 2.24) is 5.32 Å². The molecule has 1 fully saturated rings. The number of benzene rings is 1. The lowest BCUT2D eigenvalue weighted by Crippen LogP contribution is -2.43. The molecule has 0 saturated heterocycles. The lowest BCUT2D eigenvalue weighted by atomic mass is 9.92. The van der Waals surface area contributed by atoms with Crippen molar-refractivity contribution in [1.29, 1.82) is 0 Å². The second-order valence-corrected chi connectivity index (χ2v) is 7.03. The summed E-state index contributed by atoms with van der Waals surface area (Å²) in [6.07, 6.45) is 4.19. The van der Waals surface area contributed by atoms with Crippen molar-refractivity contribution in [2.24, 2.45) is 0 Å². The summed E-state index contributed by atoms with van der Waals surface area (Å²) in [4.78, 5) is -0.390. The molecule has 21 heavy (non-hydrogen) atoms. The molecule has 0 amide bonds. The lowest BCUT2D eigenvalue weighted by Gasteiger charge is -2.31. The molecule has 1 aromatic rings. The van der Waals surface area contributed by atoms with Crippen LogP contribution in [0.2, 0.25) is 0 Å². The van der Waals surface area contributed by atoms with E-state index in [0.29, 0.717) is 5.75 Å². The highest BCUT2D eigenvalue weighted by atomic mass is 32.2. The normalized spacial score (nSPS) is 23.2. The molecule has 0 bridgehead atoms. The van der Waals surface area contributed by atoms with Gasteiger partial charge in [0, 0.05) is 6.04 Å². The van der Waals surface area contributed by atoms with E-state index in [1.807, 2.05) is 7.05 Å². The highest BCUT2D eigenvalue weighted by Gasteiger charge is 2.27. The van der Waals surface area contributed by atoms with Gasteiger partial charge in [-0.05, 0) is 50.6 Å². The summed E-state index contributed by atoms with van der Waals surface area (Å²) in [7, 11) is -2.66. The molecule has 0 radical (unpaired) electrons. The first-order valence-corrected chi connectivity index (χ1v) is 8.46. The summed E-state index contributed by atoms with van der Waals surface area (Å²) < 4.78 is 53.4. The van der Waals surface area contributed by atoms with Crippen LogP contribution >= 0.6 is 0 Å². The Kier molecular flexibility index (Phi) is 5.16. The Bertz CT molecular complexity index is 560. The van der Waals surface area contributed by atoms with E-state index < -0.39 is 20.5 Å². The molecule has 0 aliphatic heterocycles. The zero-order valence-electron chi connectivity index (χ0n) is 11.8. The second-order valence-electron chi connectivity index (χ2n) is 5.11. The molecule has 2 atom stereocenters. The first kappa shape index (κ1) is 16.2. The fourth-order valence-electron chi connectivity index (χ4n) is 2.55. The number of hydrogen-bond acceptors (Lipinski definition) is 4. The average molecular weight is 319 g/mol. The van der Waals surface area contributed by atoms with E-state index in [9.17, 15) is 17.2 Å². The molecule has 2 rings (SSSR count). The maximum absolute atomic E-state index is 12.4. The number of halogens is 2. The van der Waals surface area contributed by atoms with Crippen LogP contribution in [0.15, 0.2) is 29.2 Å². The van der Waals surface area contributed by atoms with Crippen LogP contribution in [0.5, 0.6) is 5.75 Å². The molecule has 1 aromatic carbocycles. The SMILES string of the molecule is CNC1CCCCC1Oc1ccc(S(=O)(=O)C(F)F)cc1. The maximum Gasteiger partial charge on any atom is 0.341 e. The Balaban J connectivity index is 2.09. The third-order valence-corrected chi connectivity index (χ3v) is 5.15. The minimum absolute atomic E-state index is 0.0151. The molecule has 0 heterocycles. The van der Waals surface area contributed by atoms with Gasteiger partial charge in [0.05, 0.1) is 4.90 Å². The van der Waals surface area contributed by atoms with Crippen LogP contribution in [0.3, 0.4) is 0 Å². The van der Waals surface area contributed by atoms with E-state index in [4.69, 9.17) is 4.74 Å². The molecular weight excluding hydrogens is 300 g/mol. The van der Waals surface area contributed by atoms with Gasteiger partial charge in [-0.2, -0.15) is 8.78 Å². The predicted octanol–water partition coefficient (Wildman–Crippen LogP) is 2.59. The van der Waals surface area contributed by atoms with Crippen LogP contribution in [-0.4, -0.2) is 33.4 Å². The van der Waals surface area contributed by atoms with E-state index in [-0.39, 0.29) is 12.1 Å². The summed E-state index contributed by atoms with van der Waals surface area (Å²) in [6, 6.07) is 5.43. The summed E-state index contributed by atoms with van der Waals surface area (Å²) in [5.41, 5.74) is 0.